The van der Waals surface area contributed by atoms with Gasteiger partial charge in [0.25, 0.3) is 0 Å². The molecular weight excluding hydrogens is 102 g/mol. The van der Waals surface area contributed by atoms with Crippen molar-refractivity contribution in [2.75, 3.05) is 0 Å². The van der Waals surface area contributed by atoms with Crippen LogP contribution in [-0.2, 0) is 4.79 Å². The van der Waals surface area contributed by atoms with E-state index in [0.29, 0.717) is 6.42 Å². The molecule has 1 aliphatic rings. The Bertz CT molecular complexity index is 120. The van der Waals surface area contributed by atoms with Gasteiger partial charge in [0.15, 0.2) is 0 Å². The van der Waals surface area contributed by atoms with E-state index in [0.717, 1.165) is 6.42 Å². The molecule has 2 heteroatoms. The van der Waals surface area contributed by atoms with Crippen molar-refractivity contribution in [3.8, 4) is 0 Å². The monoisotopic (exact) mass is 111 g/mol. The van der Waals surface area contributed by atoms with Crippen LogP contribution < -0.4 is 5.32 Å². The highest BCUT2D eigenvalue weighted by molar-refractivity contribution is 5.78. The van der Waals surface area contributed by atoms with Crippen molar-refractivity contribution < 1.29 is 4.79 Å². The van der Waals surface area contributed by atoms with E-state index in [1.54, 1.807) is 6.08 Å². The molecule has 2 nitrogen and oxygen atoms in total. The van der Waals surface area contributed by atoms with E-state index in [1.807, 2.05) is 0 Å². The first kappa shape index (κ1) is 5.35. The summed E-state index contributed by atoms with van der Waals surface area (Å²) in [4.78, 5) is 10.5. The maximum absolute atomic E-state index is 10.5. The number of amides is 1. The Kier molecular flexibility index (Phi) is 1.33. The van der Waals surface area contributed by atoms with Gasteiger partial charge in [-0.1, -0.05) is 6.08 Å². The highest BCUT2D eigenvalue weighted by Crippen LogP contribution is 2.05. The third-order valence-corrected chi connectivity index (χ3v) is 1.31. The predicted molar refractivity (Wildman–Crippen MR) is 31.4 cm³/mol. The summed E-state index contributed by atoms with van der Waals surface area (Å²) < 4.78 is 0. The summed E-state index contributed by atoms with van der Waals surface area (Å²) in [6, 6.07) is 0.238. The van der Waals surface area contributed by atoms with Gasteiger partial charge in [0.1, 0.15) is 0 Å². The molecule has 0 saturated carbocycles. The van der Waals surface area contributed by atoms with E-state index < -0.39 is 0 Å². The highest BCUT2D eigenvalue weighted by Gasteiger charge is 2.16. The van der Waals surface area contributed by atoms with E-state index in [1.165, 1.54) is 0 Å². The Hall–Kier alpha value is -0.790. The zero-order valence-corrected chi connectivity index (χ0v) is 4.68. The molecule has 1 atom stereocenters. The van der Waals surface area contributed by atoms with Gasteiger partial charge in [0.2, 0.25) is 5.91 Å². The second kappa shape index (κ2) is 1.99. The third-order valence-electron chi connectivity index (χ3n) is 1.31. The van der Waals surface area contributed by atoms with Gasteiger partial charge < -0.3 is 5.32 Å². The molecule has 1 rings (SSSR count). The predicted octanol–water partition coefficient (Wildman–Crippen LogP) is 0.451. The van der Waals surface area contributed by atoms with Crippen molar-refractivity contribution in [3.05, 3.63) is 12.7 Å². The number of carbonyl (C=O) groups excluding carboxylic acids is 1. The Labute approximate surface area is 48.6 Å². The minimum Gasteiger partial charge on any atom is -0.350 e. The average molecular weight is 111 g/mol. The summed E-state index contributed by atoms with van der Waals surface area (Å²) in [6.45, 7) is 3.56. The third kappa shape index (κ3) is 0.886. The minimum atomic E-state index is 0.148. The lowest BCUT2D eigenvalue weighted by Gasteiger charge is -1.98. The fourth-order valence-electron chi connectivity index (χ4n) is 0.814. The zero-order valence-electron chi connectivity index (χ0n) is 4.68. The number of hydrogen-bond acceptors (Lipinski definition) is 1. The summed E-state index contributed by atoms with van der Waals surface area (Å²) in [5, 5.41) is 2.75. The summed E-state index contributed by atoms with van der Waals surface area (Å²) in [6.07, 6.45) is 3.35. The maximum atomic E-state index is 10.5. The summed E-state index contributed by atoms with van der Waals surface area (Å²) in [5.41, 5.74) is 0. The van der Waals surface area contributed by atoms with Gasteiger partial charge in [-0.2, -0.15) is 0 Å². The van der Waals surface area contributed by atoms with E-state index >= 15 is 0 Å². The Morgan fingerprint density at radius 2 is 2.62 bits per heavy atom. The summed E-state index contributed by atoms with van der Waals surface area (Å²) >= 11 is 0. The van der Waals surface area contributed by atoms with Crippen LogP contribution >= 0.6 is 0 Å². The molecule has 1 N–H and O–H groups in total. The fraction of sp³-hybridized carbons (Fsp3) is 0.500. The van der Waals surface area contributed by atoms with Crippen LogP contribution in [0.3, 0.4) is 0 Å². The fourth-order valence-corrected chi connectivity index (χ4v) is 0.814. The van der Waals surface area contributed by atoms with Gasteiger partial charge in [-0.05, 0) is 6.42 Å². The molecule has 1 fully saturated rings. The van der Waals surface area contributed by atoms with Crippen LogP contribution in [0.25, 0.3) is 0 Å². The van der Waals surface area contributed by atoms with Gasteiger partial charge in [0, 0.05) is 12.5 Å². The molecule has 0 unspecified atom stereocenters. The SMILES string of the molecule is C=C[C@H]1CCC(=O)N1. The molecular formula is C6H9NO. The molecule has 0 bridgehead atoms. The smallest absolute Gasteiger partial charge is 0.220 e. The number of nitrogens with one attached hydrogen (secondary N) is 1. The van der Waals surface area contributed by atoms with Gasteiger partial charge in [0.05, 0.1) is 0 Å². The minimum absolute atomic E-state index is 0.148. The molecule has 0 aromatic rings. The molecule has 1 amide bonds. The molecule has 0 radical (unpaired) electrons. The maximum Gasteiger partial charge on any atom is 0.220 e. The molecule has 8 heavy (non-hydrogen) atoms. The van der Waals surface area contributed by atoms with E-state index in [9.17, 15) is 4.79 Å². The van der Waals surface area contributed by atoms with Crippen LogP contribution in [0.5, 0.6) is 0 Å². The molecule has 0 aliphatic carbocycles. The molecule has 1 saturated heterocycles. The lowest BCUT2D eigenvalue weighted by molar-refractivity contribution is -0.119. The first-order chi connectivity index (χ1) is 3.83. The molecule has 44 valence electrons. The van der Waals surface area contributed by atoms with Crippen LogP contribution in [0.15, 0.2) is 12.7 Å². The Balaban J connectivity index is 2.43. The highest BCUT2D eigenvalue weighted by atomic mass is 16.1. The van der Waals surface area contributed by atoms with Gasteiger partial charge in [-0.3, -0.25) is 4.79 Å². The van der Waals surface area contributed by atoms with Crippen molar-refractivity contribution in [1.29, 1.82) is 0 Å². The van der Waals surface area contributed by atoms with Crippen LogP contribution in [0, 0.1) is 0 Å². The number of rotatable bonds is 1. The lowest BCUT2D eigenvalue weighted by Crippen LogP contribution is -2.22. The summed E-state index contributed by atoms with van der Waals surface area (Å²) in [7, 11) is 0. The van der Waals surface area contributed by atoms with E-state index in [2.05, 4.69) is 11.9 Å². The molecule has 1 aliphatic heterocycles. The van der Waals surface area contributed by atoms with Gasteiger partial charge in [-0.25, -0.2) is 0 Å². The molecule has 0 aromatic heterocycles. The molecule has 0 spiro atoms. The lowest BCUT2D eigenvalue weighted by atomic mass is 10.2. The molecule has 0 aromatic carbocycles. The first-order valence-electron chi connectivity index (χ1n) is 2.75. The van der Waals surface area contributed by atoms with E-state index in [4.69, 9.17) is 0 Å². The average Bonchev–Trinajstić information content (AvgIpc) is 2.14. The quantitative estimate of drug-likeness (QED) is 0.489. The number of hydrogen-bond donors (Lipinski definition) is 1. The topological polar surface area (TPSA) is 29.1 Å². The standard InChI is InChI=1S/C6H9NO/c1-2-5-3-4-6(8)7-5/h2,5H,1,3-4H2,(H,7,8)/t5-/m0/s1. The van der Waals surface area contributed by atoms with Crippen LogP contribution in [0.2, 0.25) is 0 Å². The normalized spacial score (nSPS) is 27.5. The second-order valence-electron chi connectivity index (χ2n) is 1.95. The van der Waals surface area contributed by atoms with Crippen LogP contribution in [-0.4, -0.2) is 11.9 Å². The Morgan fingerprint density at radius 1 is 1.88 bits per heavy atom. The van der Waals surface area contributed by atoms with Crippen LogP contribution in [0.4, 0.5) is 0 Å². The van der Waals surface area contributed by atoms with Crippen LogP contribution in [0.1, 0.15) is 12.8 Å². The van der Waals surface area contributed by atoms with E-state index in [-0.39, 0.29) is 11.9 Å². The van der Waals surface area contributed by atoms with Crippen molar-refractivity contribution in [1.82, 2.24) is 5.32 Å². The summed E-state index contributed by atoms with van der Waals surface area (Å²) in [5.74, 6) is 0.148. The number of carbonyl (C=O) groups is 1. The molecule has 1 heterocycles. The van der Waals surface area contributed by atoms with Gasteiger partial charge >= 0.3 is 0 Å². The van der Waals surface area contributed by atoms with Crippen molar-refractivity contribution >= 4 is 5.91 Å². The van der Waals surface area contributed by atoms with Crippen molar-refractivity contribution in [2.45, 2.75) is 18.9 Å². The van der Waals surface area contributed by atoms with Crippen molar-refractivity contribution in [3.63, 3.8) is 0 Å². The zero-order chi connectivity index (χ0) is 5.98. The Morgan fingerprint density at radius 3 is 2.88 bits per heavy atom. The van der Waals surface area contributed by atoms with Crippen molar-refractivity contribution in [2.24, 2.45) is 0 Å². The largest absolute Gasteiger partial charge is 0.350 e. The van der Waals surface area contributed by atoms with Gasteiger partial charge in [-0.15, -0.1) is 6.58 Å². The first-order valence-corrected chi connectivity index (χ1v) is 2.75. The second-order valence-corrected chi connectivity index (χ2v) is 1.95.